The first-order valence-corrected chi connectivity index (χ1v) is 8.14. The molecule has 3 nitrogen and oxygen atoms in total. The largest absolute Gasteiger partial charge is 0.416 e. The predicted octanol–water partition coefficient (Wildman–Crippen LogP) is 4.94. The smallest absolute Gasteiger partial charge is 0.371 e. The highest BCUT2D eigenvalue weighted by Gasteiger charge is 2.32. The van der Waals surface area contributed by atoms with Gasteiger partial charge in [-0.15, -0.1) is 0 Å². The van der Waals surface area contributed by atoms with Gasteiger partial charge >= 0.3 is 6.18 Å². The molecule has 0 saturated heterocycles. The van der Waals surface area contributed by atoms with Crippen LogP contribution < -0.4 is 0 Å². The molecule has 2 aromatic carbocycles. The van der Waals surface area contributed by atoms with Gasteiger partial charge in [-0.25, -0.2) is 4.98 Å². The molecule has 7 heteroatoms. The van der Waals surface area contributed by atoms with Crippen LogP contribution in [0.2, 0.25) is 0 Å². The van der Waals surface area contributed by atoms with Crippen molar-refractivity contribution in [3.63, 3.8) is 0 Å². The lowest BCUT2D eigenvalue weighted by atomic mass is 10.0. The maximum atomic E-state index is 13.0. The number of nitrogens with zero attached hydrogens (tertiary/aromatic N) is 2. The van der Waals surface area contributed by atoms with Crippen molar-refractivity contribution >= 4 is 27.0 Å². The summed E-state index contributed by atoms with van der Waals surface area (Å²) in [4.78, 5) is 4.54. The van der Waals surface area contributed by atoms with Crippen LogP contribution in [0.1, 0.15) is 23.0 Å². The third kappa shape index (κ3) is 2.61. The number of hydrogen-bond donors (Lipinski definition) is 0. The lowest BCUT2D eigenvalue weighted by Gasteiger charge is -2.27. The van der Waals surface area contributed by atoms with Crippen molar-refractivity contribution in [1.82, 2.24) is 9.55 Å². The first-order chi connectivity index (χ1) is 11.4. The van der Waals surface area contributed by atoms with E-state index in [4.69, 9.17) is 4.74 Å². The van der Waals surface area contributed by atoms with E-state index in [-0.39, 0.29) is 6.04 Å². The van der Waals surface area contributed by atoms with Crippen LogP contribution in [0.3, 0.4) is 0 Å². The lowest BCUT2D eigenvalue weighted by molar-refractivity contribution is -0.137. The molecule has 0 spiro atoms. The fourth-order valence-corrected chi connectivity index (χ4v) is 3.42. The molecule has 0 amide bonds. The second-order valence-corrected chi connectivity index (χ2v) is 6.60. The molecule has 0 N–H and O–H groups in total. The van der Waals surface area contributed by atoms with E-state index in [1.54, 1.807) is 6.07 Å². The van der Waals surface area contributed by atoms with Gasteiger partial charge in [0.2, 0.25) is 0 Å². The molecule has 3 aromatic rings. The minimum absolute atomic E-state index is 0.312. The molecule has 0 aliphatic carbocycles. The van der Waals surface area contributed by atoms with Crippen molar-refractivity contribution in [2.45, 2.75) is 18.8 Å². The Morgan fingerprint density at radius 3 is 2.79 bits per heavy atom. The molecule has 0 bridgehead atoms. The summed E-state index contributed by atoms with van der Waals surface area (Å²) < 4.78 is 47.5. The summed E-state index contributed by atoms with van der Waals surface area (Å²) in [6.07, 6.45) is -4.37. The van der Waals surface area contributed by atoms with Crippen LogP contribution in [-0.2, 0) is 17.5 Å². The molecule has 0 radical (unpaired) electrons. The number of imidazole rings is 1. The Kier molecular flexibility index (Phi) is 3.65. The standard InChI is InChI=1S/C17H12BrF3N2O/c18-12-4-5-13-14(7-12)23-15(8-24-9-16(23)22-13)10-2-1-3-11(6-10)17(19,20)21/h1-7,15H,8-9H2. The molecule has 0 saturated carbocycles. The molecule has 24 heavy (non-hydrogen) atoms. The van der Waals surface area contributed by atoms with E-state index in [0.717, 1.165) is 27.4 Å². The molecule has 0 fully saturated rings. The lowest BCUT2D eigenvalue weighted by Crippen LogP contribution is -2.25. The normalized spacial score (nSPS) is 17.9. The molecule has 4 rings (SSSR count). The SMILES string of the molecule is FC(F)(F)c1cccc(C2COCc3nc4ccc(Br)cc4n32)c1. The summed E-state index contributed by atoms with van der Waals surface area (Å²) in [5.74, 6) is 0.719. The Morgan fingerprint density at radius 1 is 1.17 bits per heavy atom. The van der Waals surface area contributed by atoms with Crippen LogP contribution in [0.15, 0.2) is 46.9 Å². The minimum Gasteiger partial charge on any atom is -0.371 e. The minimum atomic E-state index is -4.37. The summed E-state index contributed by atoms with van der Waals surface area (Å²) in [5, 5.41) is 0. The van der Waals surface area contributed by atoms with Crippen molar-refractivity contribution in [1.29, 1.82) is 0 Å². The number of alkyl halides is 3. The van der Waals surface area contributed by atoms with Crippen LogP contribution in [0.4, 0.5) is 13.2 Å². The maximum Gasteiger partial charge on any atom is 0.416 e. The third-order valence-corrected chi connectivity index (χ3v) is 4.64. The predicted molar refractivity (Wildman–Crippen MR) is 86.7 cm³/mol. The summed E-state index contributed by atoms with van der Waals surface area (Å²) in [5.41, 5.74) is 1.59. The molecule has 2 heterocycles. The molecule has 1 aromatic heterocycles. The Bertz CT molecular complexity index is 920. The first kappa shape index (κ1) is 15.7. The Labute approximate surface area is 144 Å². The average molecular weight is 397 g/mol. The second kappa shape index (κ2) is 5.60. The van der Waals surface area contributed by atoms with Crippen LogP contribution in [0.5, 0.6) is 0 Å². The van der Waals surface area contributed by atoms with Gasteiger partial charge in [-0.1, -0.05) is 28.1 Å². The van der Waals surface area contributed by atoms with E-state index >= 15 is 0 Å². The van der Waals surface area contributed by atoms with Crippen molar-refractivity contribution in [3.05, 3.63) is 63.9 Å². The third-order valence-electron chi connectivity index (χ3n) is 4.14. The van der Waals surface area contributed by atoms with Gasteiger partial charge in [-0.05, 0) is 35.9 Å². The van der Waals surface area contributed by atoms with Crippen molar-refractivity contribution in [3.8, 4) is 0 Å². The number of benzene rings is 2. The molecule has 1 unspecified atom stereocenters. The van der Waals surface area contributed by atoms with E-state index in [2.05, 4.69) is 20.9 Å². The summed E-state index contributed by atoms with van der Waals surface area (Å²) >= 11 is 3.44. The highest BCUT2D eigenvalue weighted by molar-refractivity contribution is 9.10. The number of aromatic nitrogens is 2. The quantitative estimate of drug-likeness (QED) is 0.582. The molecule has 1 aliphatic rings. The fourth-order valence-electron chi connectivity index (χ4n) is 3.07. The Balaban J connectivity index is 1.88. The van der Waals surface area contributed by atoms with Crippen molar-refractivity contribution < 1.29 is 17.9 Å². The number of halogens is 4. The number of rotatable bonds is 1. The van der Waals surface area contributed by atoms with Gasteiger partial charge in [0, 0.05) is 4.47 Å². The van der Waals surface area contributed by atoms with Gasteiger partial charge in [0.05, 0.1) is 29.2 Å². The van der Waals surface area contributed by atoms with Crippen LogP contribution in [0, 0.1) is 0 Å². The zero-order valence-corrected chi connectivity index (χ0v) is 13.9. The number of fused-ring (bicyclic) bond motifs is 3. The zero-order valence-electron chi connectivity index (χ0n) is 12.3. The summed E-state index contributed by atoms with van der Waals surface area (Å²) in [7, 11) is 0. The average Bonchev–Trinajstić information content (AvgIpc) is 2.92. The van der Waals surface area contributed by atoms with E-state index < -0.39 is 11.7 Å². The van der Waals surface area contributed by atoms with Crippen LogP contribution >= 0.6 is 15.9 Å². The van der Waals surface area contributed by atoms with Gasteiger partial charge in [0.25, 0.3) is 0 Å². The van der Waals surface area contributed by atoms with E-state index in [1.807, 2.05) is 22.8 Å². The summed E-state index contributed by atoms with van der Waals surface area (Å²) in [6.45, 7) is 0.661. The highest BCUT2D eigenvalue weighted by Crippen LogP contribution is 2.35. The first-order valence-electron chi connectivity index (χ1n) is 7.35. The van der Waals surface area contributed by atoms with Crippen LogP contribution in [0.25, 0.3) is 11.0 Å². The molecule has 1 aliphatic heterocycles. The fraction of sp³-hybridized carbons (Fsp3) is 0.235. The summed E-state index contributed by atoms with van der Waals surface area (Å²) in [6, 6.07) is 10.8. The molecular formula is C17H12BrF3N2O. The van der Waals surface area contributed by atoms with Crippen LogP contribution in [-0.4, -0.2) is 16.2 Å². The highest BCUT2D eigenvalue weighted by atomic mass is 79.9. The zero-order chi connectivity index (χ0) is 16.9. The topological polar surface area (TPSA) is 27.1 Å². The number of hydrogen-bond acceptors (Lipinski definition) is 2. The number of ether oxygens (including phenoxy) is 1. The molecular weight excluding hydrogens is 385 g/mol. The monoisotopic (exact) mass is 396 g/mol. The van der Waals surface area contributed by atoms with Gasteiger partial charge in [0.15, 0.2) is 0 Å². The Hall–Kier alpha value is -1.86. The molecule has 124 valence electrons. The molecule has 1 atom stereocenters. The second-order valence-electron chi connectivity index (χ2n) is 5.69. The van der Waals surface area contributed by atoms with Gasteiger partial charge < -0.3 is 9.30 Å². The van der Waals surface area contributed by atoms with Gasteiger partial charge in [-0.2, -0.15) is 13.2 Å². The van der Waals surface area contributed by atoms with Crippen molar-refractivity contribution in [2.75, 3.05) is 6.61 Å². The Morgan fingerprint density at radius 2 is 2.00 bits per heavy atom. The van der Waals surface area contributed by atoms with Gasteiger partial charge in [-0.3, -0.25) is 0 Å². The van der Waals surface area contributed by atoms with Gasteiger partial charge in [0.1, 0.15) is 12.4 Å². The maximum absolute atomic E-state index is 13.0. The van der Waals surface area contributed by atoms with E-state index in [1.165, 1.54) is 12.1 Å². The van der Waals surface area contributed by atoms with E-state index in [9.17, 15) is 13.2 Å². The van der Waals surface area contributed by atoms with E-state index in [0.29, 0.717) is 18.8 Å². The van der Waals surface area contributed by atoms with Crippen molar-refractivity contribution in [2.24, 2.45) is 0 Å².